The number of rotatable bonds is 5. The number of benzene rings is 1. The molecule has 0 spiro atoms. The van der Waals surface area contributed by atoms with Gasteiger partial charge in [0.15, 0.2) is 0 Å². The average Bonchev–Trinajstić information content (AvgIpc) is 2.59. The van der Waals surface area contributed by atoms with Crippen molar-refractivity contribution in [1.29, 1.82) is 0 Å². The fourth-order valence-corrected chi connectivity index (χ4v) is 2.56. The molecule has 0 saturated heterocycles. The highest BCUT2D eigenvalue weighted by Crippen LogP contribution is 2.26. The Morgan fingerprint density at radius 2 is 1.96 bits per heavy atom. The topological polar surface area (TPSA) is 89.5 Å². The van der Waals surface area contributed by atoms with Crippen molar-refractivity contribution in [3.63, 3.8) is 0 Å². The van der Waals surface area contributed by atoms with E-state index in [2.05, 4.69) is 10.3 Å². The van der Waals surface area contributed by atoms with Crippen LogP contribution in [0.15, 0.2) is 53.5 Å². The standard InChI is InChI=1S/C17H13F3N4O3/c18-17(19,20)8-7-11-4-3-5-12(10-11)21-15-14(24(26)27)16(25)23-9-2-1-6-13(23)22-15/h1-6,9-10,21H,7-8H2. The third kappa shape index (κ3) is 4.22. The van der Waals surface area contributed by atoms with Crippen LogP contribution in [-0.4, -0.2) is 20.5 Å². The van der Waals surface area contributed by atoms with Crippen LogP contribution in [-0.2, 0) is 6.42 Å². The Morgan fingerprint density at radius 3 is 2.67 bits per heavy atom. The second-order valence-corrected chi connectivity index (χ2v) is 5.74. The van der Waals surface area contributed by atoms with Crippen molar-refractivity contribution in [3.05, 3.63) is 74.7 Å². The van der Waals surface area contributed by atoms with Crippen molar-refractivity contribution < 1.29 is 18.1 Å². The van der Waals surface area contributed by atoms with Crippen LogP contribution in [0.5, 0.6) is 0 Å². The number of fused-ring (bicyclic) bond motifs is 1. The molecule has 27 heavy (non-hydrogen) atoms. The molecule has 0 aliphatic rings. The smallest absolute Gasteiger partial charge is 0.334 e. The number of pyridine rings is 1. The lowest BCUT2D eigenvalue weighted by atomic mass is 10.1. The molecule has 0 aliphatic carbocycles. The van der Waals surface area contributed by atoms with E-state index in [1.807, 2.05) is 0 Å². The first-order valence-corrected chi connectivity index (χ1v) is 7.83. The lowest BCUT2D eigenvalue weighted by Crippen LogP contribution is -2.20. The van der Waals surface area contributed by atoms with E-state index in [9.17, 15) is 28.1 Å². The van der Waals surface area contributed by atoms with Crippen LogP contribution in [0.1, 0.15) is 12.0 Å². The first-order valence-electron chi connectivity index (χ1n) is 7.83. The number of halogens is 3. The van der Waals surface area contributed by atoms with Crippen molar-refractivity contribution in [1.82, 2.24) is 9.38 Å². The zero-order chi connectivity index (χ0) is 19.6. The fourth-order valence-electron chi connectivity index (χ4n) is 2.56. The number of hydrogen-bond acceptors (Lipinski definition) is 5. The summed E-state index contributed by atoms with van der Waals surface area (Å²) in [6, 6.07) is 10.7. The molecule has 1 N–H and O–H groups in total. The van der Waals surface area contributed by atoms with Crippen molar-refractivity contribution in [2.45, 2.75) is 19.0 Å². The molecule has 0 aliphatic heterocycles. The Hall–Kier alpha value is -3.43. The summed E-state index contributed by atoms with van der Waals surface area (Å²) in [6.07, 6.45) is -4.13. The molecule has 0 saturated carbocycles. The molecule has 2 heterocycles. The number of alkyl halides is 3. The zero-order valence-corrected chi connectivity index (χ0v) is 13.7. The molecule has 0 fully saturated rings. The van der Waals surface area contributed by atoms with E-state index < -0.39 is 28.8 Å². The maximum Gasteiger partial charge on any atom is 0.389 e. The molecule has 1 aromatic carbocycles. The third-order valence-electron chi connectivity index (χ3n) is 3.78. The van der Waals surface area contributed by atoms with E-state index in [1.165, 1.54) is 42.6 Å². The molecule has 2 aromatic heterocycles. The summed E-state index contributed by atoms with van der Waals surface area (Å²) < 4.78 is 38.2. The van der Waals surface area contributed by atoms with Gasteiger partial charge in [-0.2, -0.15) is 13.2 Å². The van der Waals surface area contributed by atoms with E-state index in [-0.39, 0.29) is 17.9 Å². The fraction of sp³-hybridized carbons (Fsp3) is 0.176. The number of nitrogens with zero attached hydrogens (tertiary/aromatic N) is 3. The van der Waals surface area contributed by atoms with Crippen LogP contribution in [0.2, 0.25) is 0 Å². The molecule has 0 amide bonds. The molecule has 0 atom stereocenters. The molecule has 0 bridgehead atoms. The van der Waals surface area contributed by atoms with E-state index in [1.54, 1.807) is 6.07 Å². The van der Waals surface area contributed by atoms with Crippen LogP contribution < -0.4 is 10.9 Å². The highest BCUT2D eigenvalue weighted by atomic mass is 19.4. The highest BCUT2D eigenvalue weighted by molar-refractivity contribution is 5.67. The van der Waals surface area contributed by atoms with Gasteiger partial charge in [-0.25, -0.2) is 4.98 Å². The van der Waals surface area contributed by atoms with E-state index in [0.29, 0.717) is 11.3 Å². The molecule has 10 heteroatoms. The molecule has 0 unspecified atom stereocenters. The highest BCUT2D eigenvalue weighted by Gasteiger charge is 2.27. The molecule has 0 radical (unpaired) electrons. The second-order valence-electron chi connectivity index (χ2n) is 5.74. The predicted octanol–water partition coefficient (Wildman–Crippen LogP) is 3.84. The Bertz CT molecular complexity index is 1060. The summed E-state index contributed by atoms with van der Waals surface area (Å²) in [4.78, 5) is 27.0. The Balaban J connectivity index is 1.98. The minimum Gasteiger partial charge on any atom is -0.334 e. The molecule has 3 aromatic rings. The third-order valence-corrected chi connectivity index (χ3v) is 3.78. The van der Waals surface area contributed by atoms with Gasteiger partial charge in [0, 0.05) is 18.3 Å². The van der Waals surface area contributed by atoms with Gasteiger partial charge in [0.1, 0.15) is 5.65 Å². The minimum atomic E-state index is -4.28. The van der Waals surface area contributed by atoms with Gasteiger partial charge < -0.3 is 5.32 Å². The Kier molecular flexibility index (Phi) is 4.80. The average molecular weight is 378 g/mol. The summed E-state index contributed by atoms with van der Waals surface area (Å²) in [7, 11) is 0. The summed E-state index contributed by atoms with van der Waals surface area (Å²) in [5.41, 5.74) is -0.716. The molecule has 7 nitrogen and oxygen atoms in total. The number of anilines is 2. The summed E-state index contributed by atoms with van der Waals surface area (Å²) >= 11 is 0. The quantitative estimate of drug-likeness (QED) is 0.538. The second kappa shape index (κ2) is 7.06. The van der Waals surface area contributed by atoms with E-state index >= 15 is 0 Å². The van der Waals surface area contributed by atoms with Crippen LogP contribution >= 0.6 is 0 Å². The van der Waals surface area contributed by atoms with Gasteiger partial charge in [-0.05, 0) is 36.2 Å². The number of nitrogens with one attached hydrogen (secondary N) is 1. The lowest BCUT2D eigenvalue weighted by molar-refractivity contribution is -0.385. The number of aryl methyl sites for hydroxylation is 1. The maximum absolute atomic E-state index is 12.4. The van der Waals surface area contributed by atoms with Crippen LogP contribution in [0, 0.1) is 10.1 Å². The first-order chi connectivity index (χ1) is 12.7. The van der Waals surface area contributed by atoms with E-state index in [0.717, 1.165) is 4.40 Å². The predicted molar refractivity (Wildman–Crippen MR) is 92.2 cm³/mol. The molecular formula is C17H13F3N4O3. The number of nitro groups is 1. The summed E-state index contributed by atoms with van der Waals surface area (Å²) in [5.74, 6) is -0.274. The summed E-state index contributed by atoms with van der Waals surface area (Å²) in [6.45, 7) is 0. The van der Waals surface area contributed by atoms with Gasteiger partial charge in [-0.3, -0.25) is 19.3 Å². The molecule has 3 rings (SSSR count). The lowest BCUT2D eigenvalue weighted by Gasteiger charge is -2.10. The first kappa shape index (κ1) is 18.4. The normalized spacial score (nSPS) is 11.5. The minimum absolute atomic E-state index is 0.198. The SMILES string of the molecule is O=c1c([N+](=O)[O-])c(Nc2cccc(CCC(F)(F)F)c2)nc2ccccn12. The van der Waals surface area contributed by atoms with Gasteiger partial charge in [0.25, 0.3) is 0 Å². The van der Waals surface area contributed by atoms with Crippen LogP contribution in [0.3, 0.4) is 0 Å². The van der Waals surface area contributed by atoms with Gasteiger partial charge in [-0.1, -0.05) is 18.2 Å². The Labute approximate surface area is 150 Å². The molecule has 140 valence electrons. The monoisotopic (exact) mass is 378 g/mol. The van der Waals surface area contributed by atoms with Crippen LogP contribution in [0.4, 0.5) is 30.4 Å². The van der Waals surface area contributed by atoms with Crippen molar-refractivity contribution in [3.8, 4) is 0 Å². The van der Waals surface area contributed by atoms with Gasteiger partial charge in [-0.15, -0.1) is 0 Å². The van der Waals surface area contributed by atoms with Gasteiger partial charge >= 0.3 is 17.4 Å². The van der Waals surface area contributed by atoms with Gasteiger partial charge in [0.2, 0.25) is 5.82 Å². The number of hydrogen-bond donors (Lipinski definition) is 1. The van der Waals surface area contributed by atoms with Crippen molar-refractivity contribution in [2.75, 3.05) is 5.32 Å². The number of aromatic nitrogens is 2. The largest absolute Gasteiger partial charge is 0.389 e. The van der Waals surface area contributed by atoms with E-state index in [4.69, 9.17) is 0 Å². The van der Waals surface area contributed by atoms with Crippen molar-refractivity contribution >= 4 is 22.8 Å². The molecular weight excluding hydrogens is 365 g/mol. The van der Waals surface area contributed by atoms with Crippen molar-refractivity contribution in [2.24, 2.45) is 0 Å². The Morgan fingerprint density at radius 1 is 1.19 bits per heavy atom. The van der Waals surface area contributed by atoms with Gasteiger partial charge in [0.05, 0.1) is 4.92 Å². The maximum atomic E-state index is 12.4. The van der Waals surface area contributed by atoms with Crippen LogP contribution in [0.25, 0.3) is 5.65 Å². The zero-order valence-electron chi connectivity index (χ0n) is 13.7. The summed E-state index contributed by atoms with van der Waals surface area (Å²) in [5, 5.41) is 14.0.